The summed E-state index contributed by atoms with van der Waals surface area (Å²) in [5, 5.41) is 2.71. The standard InChI is InChI=1S/C18H28N4O6S2/c1-20(29(2,24)25)14-18(23)19-16-13-15(5-6-17(16)21-7-3-4-8-21)30(26,27)22-9-11-28-12-10-22/h5-6,13H,3-4,7-12,14H2,1-2H3,(H,19,23). The van der Waals surface area contributed by atoms with Gasteiger partial charge in [0.1, 0.15) is 0 Å². The molecule has 1 N–H and O–H groups in total. The fourth-order valence-corrected chi connectivity index (χ4v) is 5.24. The molecule has 168 valence electrons. The Morgan fingerprint density at radius 3 is 2.33 bits per heavy atom. The lowest BCUT2D eigenvalue weighted by atomic mass is 10.2. The summed E-state index contributed by atoms with van der Waals surface area (Å²) >= 11 is 0. The van der Waals surface area contributed by atoms with Crippen molar-refractivity contribution in [3.8, 4) is 0 Å². The predicted molar refractivity (Wildman–Crippen MR) is 114 cm³/mol. The Balaban J connectivity index is 1.90. The summed E-state index contributed by atoms with van der Waals surface area (Å²) in [5.74, 6) is -0.538. The molecule has 0 aromatic heterocycles. The highest BCUT2D eigenvalue weighted by Gasteiger charge is 2.28. The number of rotatable bonds is 7. The van der Waals surface area contributed by atoms with Crippen molar-refractivity contribution in [3.63, 3.8) is 0 Å². The molecule has 1 aromatic rings. The minimum absolute atomic E-state index is 0.0825. The molecule has 2 aliphatic heterocycles. The van der Waals surface area contributed by atoms with Gasteiger partial charge in [0.2, 0.25) is 26.0 Å². The number of benzene rings is 1. The summed E-state index contributed by atoms with van der Waals surface area (Å²) in [5.41, 5.74) is 1.09. The zero-order valence-electron chi connectivity index (χ0n) is 17.2. The fourth-order valence-electron chi connectivity index (χ4n) is 3.45. The number of amides is 1. The molecule has 2 fully saturated rings. The average Bonchev–Trinajstić information content (AvgIpc) is 3.22. The maximum Gasteiger partial charge on any atom is 0.243 e. The van der Waals surface area contributed by atoms with Crippen LogP contribution in [-0.4, -0.2) is 90.6 Å². The van der Waals surface area contributed by atoms with Gasteiger partial charge in [-0.1, -0.05) is 0 Å². The number of nitrogens with zero attached hydrogens (tertiary/aromatic N) is 3. The average molecular weight is 461 g/mol. The molecule has 2 heterocycles. The van der Waals surface area contributed by atoms with E-state index in [0.29, 0.717) is 18.9 Å². The van der Waals surface area contributed by atoms with Gasteiger partial charge in [-0.2, -0.15) is 8.61 Å². The maximum atomic E-state index is 13.0. The molecule has 3 rings (SSSR count). The first-order chi connectivity index (χ1) is 14.1. The monoisotopic (exact) mass is 460 g/mol. The van der Waals surface area contributed by atoms with Gasteiger partial charge >= 0.3 is 0 Å². The van der Waals surface area contributed by atoms with Crippen LogP contribution < -0.4 is 10.2 Å². The van der Waals surface area contributed by atoms with Crippen LogP contribution in [0, 0.1) is 0 Å². The lowest BCUT2D eigenvalue weighted by molar-refractivity contribution is -0.116. The van der Waals surface area contributed by atoms with Gasteiger partial charge in [-0.25, -0.2) is 16.8 Å². The van der Waals surface area contributed by atoms with Crippen molar-refractivity contribution in [1.82, 2.24) is 8.61 Å². The third-order valence-corrected chi connectivity index (χ3v) is 8.39. The molecule has 10 nitrogen and oxygen atoms in total. The number of hydrogen-bond acceptors (Lipinski definition) is 7. The van der Waals surface area contributed by atoms with E-state index in [1.807, 2.05) is 0 Å². The number of carbonyl (C=O) groups excluding carboxylic acids is 1. The Bertz CT molecular complexity index is 984. The summed E-state index contributed by atoms with van der Waals surface area (Å²) in [6.07, 6.45) is 3.04. The van der Waals surface area contributed by atoms with Crippen LogP contribution in [0.3, 0.4) is 0 Å². The number of hydrogen-bond donors (Lipinski definition) is 1. The van der Waals surface area contributed by atoms with E-state index in [1.54, 1.807) is 12.1 Å². The lowest BCUT2D eigenvalue weighted by Gasteiger charge is -2.27. The van der Waals surface area contributed by atoms with Gasteiger partial charge in [0.05, 0.1) is 42.3 Å². The van der Waals surface area contributed by atoms with Crippen LogP contribution in [0.5, 0.6) is 0 Å². The summed E-state index contributed by atoms with van der Waals surface area (Å²) in [6, 6.07) is 4.71. The van der Waals surface area contributed by atoms with Crippen LogP contribution in [0.1, 0.15) is 12.8 Å². The van der Waals surface area contributed by atoms with Crippen LogP contribution in [0.4, 0.5) is 11.4 Å². The van der Waals surface area contributed by atoms with Crippen molar-refractivity contribution >= 4 is 37.3 Å². The van der Waals surface area contributed by atoms with Crippen molar-refractivity contribution in [2.75, 3.05) is 69.5 Å². The first kappa shape index (κ1) is 22.9. The van der Waals surface area contributed by atoms with Gasteiger partial charge < -0.3 is 15.0 Å². The second-order valence-corrected chi connectivity index (χ2v) is 11.5. The van der Waals surface area contributed by atoms with Crippen molar-refractivity contribution in [1.29, 1.82) is 0 Å². The van der Waals surface area contributed by atoms with Gasteiger partial charge in [0.15, 0.2) is 0 Å². The van der Waals surface area contributed by atoms with Crippen LogP contribution >= 0.6 is 0 Å². The Labute approximate surface area is 177 Å². The largest absolute Gasteiger partial charge is 0.379 e. The second-order valence-electron chi connectivity index (χ2n) is 7.46. The lowest BCUT2D eigenvalue weighted by Crippen LogP contribution is -2.40. The van der Waals surface area contributed by atoms with Crippen LogP contribution in [0.25, 0.3) is 0 Å². The van der Waals surface area contributed by atoms with E-state index in [-0.39, 0.29) is 24.5 Å². The Morgan fingerprint density at radius 2 is 1.73 bits per heavy atom. The van der Waals surface area contributed by atoms with E-state index in [9.17, 15) is 21.6 Å². The third kappa shape index (κ3) is 5.30. The van der Waals surface area contributed by atoms with E-state index in [1.165, 1.54) is 17.4 Å². The molecule has 1 aromatic carbocycles. The third-order valence-electron chi connectivity index (χ3n) is 5.23. The molecular weight excluding hydrogens is 432 g/mol. The fraction of sp³-hybridized carbons (Fsp3) is 0.611. The maximum absolute atomic E-state index is 13.0. The molecule has 2 aliphatic rings. The normalized spacial score (nSPS) is 18.7. The first-order valence-electron chi connectivity index (χ1n) is 9.77. The van der Waals surface area contributed by atoms with Crippen LogP contribution in [0.15, 0.2) is 23.1 Å². The molecule has 0 atom stereocenters. The zero-order valence-corrected chi connectivity index (χ0v) is 18.8. The van der Waals surface area contributed by atoms with E-state index in [2.05, 4.69) is 10.2 Å². The van der Waals surface area contributed by atoms with Gasteiger partial charge in [0.25, 0.3) is 0 Å². The minimum atomic E-state index is -3.73. The molecule has 30 heavy (non-hydrogen) atoms. The van der Waals surface area contributed by atoms with Gasteiger partial charge in [-0.3, -0.25) is 4.79 Å². The van der Waals surface area contributed by atoms with Gasteiger partial charge in [0, 0.05) is 33.2 Å². The number of anilines is 2. The van der Waals surface area contributed by atoms with Crippen molar-refractivity contribution in [2.45, 2.75) is 17.7 Å². The molecule has 0 unspecified atom stereocenters. The quantitative estimate of drug-likeness (QED) is 0.615. The molecule has 12 heteroatoms. The van der Waals surface area contributed by atoms with Gasteiger partial charge in [-0.15, -0.1) is 0 Å². The molecular formula is C18H28N4O6S2. The summed E-state index contributed by atoms with van der Waals surface area (Å²) < 4.78 is 56.8. The zero-order chi connectivity index (χ0) is 21.9. The van der Waals surface area contributed by atoms with Gasteiger partial charge in [-0.05, 0) is 31.0 Å². The van der Waals surface area contributed by atoms with E-state index in [4.69, 9.17) is 4.74 Å². The molecule has 0 saturated carbocycles. The molecule has 2 saturated heterocycles. The van der Waals surface area contributed by atoms with E-state index in [0.717, 1.165) is 42.2 Å². The Hall–Kier alpha value is -1.73. The number of morpholine rings is 1. The minimum Gasteiger partial charge on any atom is -0.379 e. The second kappa shape index (κ2) is 9.18. The van der Waals surface area contributed by atoms with E-state index < -0.39 is 26.0 Å². The van der Waals surface area contributed by atoms with Crippen molar-refractivity contribution in [3.05, 3.63) is 18.2 Å². The topological polar surface area (TPSA) is 116 Å². The number of likely N-dealkylation sites (N-methyl/N-ethyl adjacent to an activating group) is 1. The SMILES string of the molecule is CN(CC(=O)Nc1cc(S(=O)(=O)N2CCOCC2)ccc1N1CCCC1)S(C)(=O)=O. The molecule has 1 amide bonds. The number of carbonyl (C=O) groups is 1. The summed E-state index contributed by atoms with van der Waals surface area (Å²) in [4.78, 5) is 14.7. The molecule has 0 aliphatic carbocycles. The molecule has 0 spiro atoms. The van der Waals surface area contributed by atoms with E-state index >= 15 is 0 Å². The number of ether oxygens (including phenoxy) is 1. The first-order valence-corrected chi connectivity index (χ1v) is 13.1. The smallest absolute Gasteiger partial charge is 0.243 e. The van der Waals surface area contributed by atoms with Crippen molar-refractivity contribution in [2.24, 2.45) is 0 Å². The number of nitrogens with one attached hydrogen (secondary N) is 1. The molecule has 0 bridgehead atoms. The number of sulfonamides is 2. The summed E-state index contributed by atoms with van der Waals surface area (Å²) in [7, 11) is -5.93. The Morgan fingerprint density at radius 1 is 1.10 bits per heavy atom. The predicted octanol–water partition coefficient (Wildman–Crippen LogP) is 0.138. The Kier molecular flexibility index (Phi) is 7.02. The highest BCUT2D eigenvalue weighted by Crippen LogP contribution is 2.32. The van der Waals surface area contributed by atoms with Crippen molar-refractivity contribution < 1.29 is 26.4 Å². The van der Waals surface area contributed by atoms with Crippen LogP contribution in [0.2, 0.25) is 0 Å². The highest BCUT2D eigenvalue weighted by molar-refractivity contribution is 7.89. The highest BCUT2D eigenvalue weighted by atomic mass is 32.2. The molecule has 0 radical (unpaired) electrons. The summed E-state index contributed by atoms with van der Waals surface area (Å²) in [6.45, 7) is 2.48. The van der Waals surface area contributed by atoms with Crippen LogP contribution in [-0.2, 0) is 29.6 Å².